The lowest BCUT2D eigenvalue weighted by atomic mass is 10.1. The molecule has 0 unspecified atom stereocenters. The standard InChI is InChI=1S/C23H24N4O3S/c1-17-4-6-22(7-5-17)31(29,30)27(21-13-18(2)12-19(3)14-21)16-23(28)26-25-15-20-8-10-24-11-9-20/h4-15H,16H2,1-3H3,(H,26,28)/b25-15-. The third kappa shape index (κ3) is 5.76. The fourth-order valence-electron chi connectivity index (χ4n) is 3.04. The zero-order valence-electron chi connectivity index (χ0n) is 17.6. The highest BCUT2D eigenvalue weighted by atomic mass is 32.2. The van der Waals surface area contributed by atoms with E-state index in [2.05, 4.69) is 15.5 Å². The summed E-state index contributed by atoms with van der Waals surface area (Å²) in [5, 5.41) is 3.92. The summed E-state index contributed by atoms with van der Waals surface area (Å²) in [4.78, 5) is 16.6. The molecule has 0 bridgehead atoms. The van der Waals surface area contributed by atoms with Gasteiger partial charge in [-0.05, 0) is 73.9 Å². The average molecular weight is 437 g/mol. The molecule has 3 rings (SSSR count). The van der Waals surface area contributed by atoms with Crippen molar-refractivity contribution in [2.75, 3.05) is 10.8 Å². The molecule has 3 aromatic rings. The first-order valence-electron chi connectivity index (χ1n) is 9.65. The van der Waals surface area contributed by atoms with Crippen molar-refractivity contribution in [2.24, 2.45) is 5.10 Å². The van der Waals surface area contributed by atoms with Crippen molar-refractivity contribution in [2.45, 2.75) is 25.7 Å². The van der Waals surface area contributed by atoms with Crippen LogP contribution in [0, 0.1) is 20.8 Å². The van der Waals surface area contributed by atoms with Gasteiger partial charge in [0.05, 0.1) is 16.8 Å². The molecule has 1 N–H and O–H groups in total. The molecule has 8 heteroatoms. The van der Waals surface area contributed by atoms with Crippen LogP contribution in [0.3, 0.4) is 0 Å². The van der Waals surface area contributed by atoms with Gasteiger partial charge >= 0.3 is 0 Å². The Hall–Kier alpha value is -3.52. The van der Waals surface area contributed by atoms with Gasteiger partial charge in [-0.3, -0.25) is 14.1 Å². The molecule has 0 saturated heterocycles. The fourth-order valence-corrected chi connectivity index (χ4v) is 4.45. The number of amides is 1. The van der Waals surface area contributed by atoms with Crippen molar-refractivity contribution >= 4 is 27.8 Å². The van der Waals surface area contributed by atoms with Crippen molar-refractivity contribution < 1.29 is 13.2 Å². The highest BCUT2D eigenvalue weighted by Gasteiger charge is 2.27. The molecule has 0 spiro atoms. The Morgan fingerprint density at radius 3 is 2.19 bits per heavy atom. The Labute approximate surface area is 182 Å². The van der Waals surface area contributed by atoms with Gasteiger partial charge in [0.15, 0.2) is 0 Å². The van der Waals surface area contributed by atoms with Gasteiger partial charge in [-0.25, -0.2) is 13.8 Å². The van der Waals surface area contributed by atoms with E-state index in [1.165, 1.54) is 6.21 Å². The second-order valence-corrected chi connectivity index (χ2v) is 9.11. The highest BCUT2D eigenvalue weighted by Crippen LogP contribution is 2.26. The zero-order valence-corrected chi connectivity index (χ0v) is 18.4. The summed E-state index contributed by atoms with van der Waals surface area (Å²) in [6.45, 7) is 5.23. The SMILES string of the molecule is Cc1ccc(S(=O)(=O)N(CC(=O)N/N=C\c2ccncc2)c2cc(C)cc(C)c2)cc1. The molecule has 0 aliphatic heterocycles. The lowest BCUT2D eigenvalue weighted by molar-refractivity contribution is -0.119. The van der Waals surface area contributed by atoms with Crippen molar-refractivity contribution in [3.05, 3.63) is 89.2 Å². The number of aromatic nitrogens is 1. The Morgan fingerprint density at radius 1 is 0.968 bits per heavy atom. The molecule has 0 saturated carbocycles. The predicted octanol–water partition coefficient (Wildman–Crippen LogP) is 3.35. The topological polar surface area (TPSA) is 91.7 Å². The summed E-state index contributed by atoms with van der Waals surface area (Å²) in [6, 6.07) is 15.4. The van der Waals surface area contributed by atoms with Crippen LogP contribution in [0.2, 0.25) is 0 Å². The highest BCUT2D eigenvalue weighted by molar-refractivity contribution is 7.92. The summed E-state index contributed by atoms with van der Waals surface area (Å²) in [7, 11) is -3.96. The summed E-state index contributed by atoms with van der Waals surface area (Å²) in [5.74, 6) is -0.555. The number of sulfonamides is 1. The predicted molar refractivity (Wildman–Crippen MR) is 122 cm³/mol. The second kappa shape index (κ2) is 9.53. The van der Waals surface area contributed by atoms with Crippen LogP contribution in [0.15, 0.2) is 77.0 Å². The molecular formula is C23H24N4O3S. The maximum absolute atomic E-state index is 13.4. The number of anilines is 1. The lowest BCUT2D eigenvalue weighted by Gasteiger charge is -2.24. The first-order chi connectivity index (χ1) is 14.8. The van der Waals surface area contributed by atoms with Gasteiger partial charge in [0.1, 0.15) is 6.54 Å². The van der Waals surface area contributed by atoms with Gasteiger partial charge in [-0.2, -0.15) is 5.10 Å². The smallest absolute Gasteiger partial charge is 0.264 e. The summed E-state index contributed by atoms with van der Waals surface area (Å²) in [6.07, 6.45) is 4.69. The van der Waals surface area contributed by atoms with Crippen LogP contribution in [0.25, 0.3) is 0 Å². The minimum Gasteiger partial charge on any atom is -0.271 e. The van der Waals surface area contributed by atoms with Gasteiger partial charge in [0.2, 0.25) is 0 Å². The van der Waals surface area contributed by atoms with E-state index in [0.717, 1.165) is 26.6 Å². The largest absolute Gasteiger partial charge is 0.271 e. The molecule has 1 aromatic heterocycles. The Kier molecular flexibility index (Phi) is 6.81. The minimum absolute atomic E-state index is 0.116. The van der Waals surface area contributed by atoms with Crippen molar-refractivity contribution in [1.82, 2.24) is 10.4 Å². The van der Waals surface area contributed by atoms with E-state index in [-0.39, 0.29) is 4.90 Å². The molecule has 2 aromatic carbocycles. The maximum atomic E-state index is 13.4. The number of pyridine rings is 1. The van der Waals surface area contributed by atoms with Gasteiger partial charge in [0, 0.05) is 12.4 Å². The number of hydrazone groups is 1. The van der Waals surface area contributed by atoms with Crippen LogP contribution < -0.4 is 9.73 Å². The third-order valence-corrected chi connectivity index (χ3v) is 6.29. The fraction of sp³-hybridized carbons (Fsp3) is 0.174. The summed E-state index contributed by atoms with van der Waals surface area (Å²) in [5.41, 5.74) is 6.32. The molecule has 0 fully saturated rings. The average Bonchev–Trinajstić information content (AvgIpc) is 2.72. The van der Waals surface area contributed by atoms with Crippen LogP contribution in [0.5, 0.6) is 0 Å². The number of benzene rings is 2. The van der Waals surface area contributed by atoms with Crippen molar-refractivity contribution in [3.8, 4) is 0 Å². The van der Waals surface area contributed by atoms with E-state index >= 15 is 0 Å². The van der Waals surface area contributed by atoms with E-state index in [4.69, 9.17) is 0 Å². The van der Waals surface area contributed by atoms with E-state index in [1.54, 1.807) is 60.9 Å². The van der Waals surface area contributed by atoms with E-state index in [1.807, 2.05) is 26.8 Å². The lowest BCUT2D eigenvalue weighted by Crippen LogP contribution is -2.39. The van der Waals surface area contributed by atoms with E-state index in [9.17, 15) is 13.2 Å². The first-order valence-corrected chi connectivity index (χ1v) is 11.1. The number of aryl methyl sites for hydroxylation is 3. The monoisotopic (exact) mass is 436 g/mol. The number of rotatable bonds is 7. The normalized spacial score (nSPS) is 11.5. The molecule has 160 valence electrons. The van der Waals surface area contributed by atoms with Crippen LogP contribution in [0.1, 0.15) is 22.3 Å². The number of carbonyl (C=O) groups is 1. The minimum atomic E-state index is -3.96. The van der Waals surface area contributed by atoms with Gasteiger partial charge < -0.3 is 0 Å². The molecule has 1 amide bonds. The number of carbonyl (C=O) groups excluding carboxylic acids is 1. The first kappa shape index (κ1) is 22.2. The molecule has 31 heavy (non-hydrogen) atoms. The van der Waals surface area contributed by atoms with Crippen molar-refractivity contribution in [3.63, 3.8) is 0 Å². The summed E-state index contributed by atoms with van der Waals surface area (Å²) >= 11 is 0. The van der Waals surface area contributed by atoms with Crippen molar-refractivity contribution in [1.29, 1.82) is 0 Å². The van der Waals surface area contributed by atoms with Gasteiger partial charge in [0.25, 0.3) is 15.9 Å². The molecule has 0 aliphatic carbocycles. The Morgan fingerprint density at radius 2 is 1.58 bits per heavy atom. The quantitative estimate of drug-likeness (QED) is 0.454. The maximum Gasteiger partial charge on any atom is 0.264 e. The molecule has 1 heterocycles. The van der Waals surface area contributed by atoms with Crippen LogP contribution in [-0.2, 0) is 14.8 Å². The number of hydrogen-bond donors (Lipinski definition) is 1. The number of hydrogen-bond acceptors (Lipinski definition) is 5. The zero-order chi connectivity index (χ0) is 22.4. The van der Waals surface area contributed by atoms with Crippen LogP contribution in [-0.4, -0.2) is 32.1 Å². The van der Waals surface area contributed by atoms with Gasteiger partial charge in [-0.1, -0.05) is 23.8 Å². The molecule has 7 nitrogen and oxygen atoms in total. The van der Waals surface area contributed by atoms with E-state index < -0.39 is 22.5 Å². The van der Waals surface area contributed by atoms with Gasteiger partial charge in [-0.15, -0.1) is 0 Å². The third-order valence-electron chi connectivity index (χ3n) is 4.50. The number of nitrogens with one attached hydrogen (secondary N) is 1. The number of nitrogens with zero attached hydrogens (tertiary/aromatic N) is 3. The Bertz CT molecular complexity index is 1170. The molecule has 0 radical (unpaired) electrons. The van der Waals surface area contributed by atoms with E-state index in [0.29, 0.717) is 5.69 Å². The summed E-state index contributed by atoms with van der Waals surface area (Å²) < 4.78 is 27.9. The Balaban J connectivity index is 1.89. The molecule has 0 aliphatic rings. The van der Waals surface area contributed by atoms with Crippen LogP contribution >= 0.6 is 0 Å². The molecule has 0 atom stereocenters. The second-order valence-electron chi connectivity index (χ2n) is 7.24. The van der Waals surface area contributed by atoms with Crippen LogP contribution in [0.4, 0.5) is 5.69 Å². The molecular weight excluding hydrogens is 412 g/mol.